The fourth-order valence-corrected chi connectivity index (χ4v) is 1.94. The van der Waals surface area contributed by atoms with Crippen LogP contribution in [0.1, 0.15) is 5.82 Å². The van der Waals surface area contributed by atoms with E-state index < -0.39 is 10.0 Å². The summed E-state index contributed by atoms with van der Waals surface area (Å²) in [6.07, 6.45) is 0. The molecule has 0 unspecified atom stereocenters. The number of nitrogens with one attached hydrogen (secondary N) is 2. The highest BCUT2D eigenvalue weighted by atomic mass is 35.5. The number of hydrogen-bond acceptors (Lipinski definition) is 6. The molecule has 0 saturated carbocycles. The monoisotopic (exact) mass is 294 g/mol. The third-order valence-corrected chi connectivity index (χ3v) is 3.56. The molecule has 7 nitrogen and oxygen atoms in total. The first kappa shape index (κ1) is 15.1. The van der Waals surface area contributed by atoms with Gasteiger partial charge < -0.3 is 10.1 Å². The molecule has 0 aromatic carbocycles. The summed E-state index contributed by atoms with van der Waals surface area (Å²) in [7, 11) is -0.340. The lowest BCUT2D eigenvalue weighted by Gasteiger charge is -2.07. The van der Waals surface area contributed by atoms with Crippen LogP contribution < -0.4 is 10.0 Å². The van der Waals surface area contributed by atoms with Gasteiger partial charge >= 0.3 is 0 Å². The second-order valence-corrected chi connectivity index (χ2v) is 5.81. The van der Waals surface area contributed by atoms with E-state index in [2.05, 4.69) is 20.0 Å². The third-order valence-electron chi connectivity index (χ3n) is 2.00. The Morgan fingerprint density at radius 1 is 1.44 bits per heavy atom. The minimum atomic E-state index is -3.23. The smallest absolute Gasteiger partial charge is 0.213 e. The summed E-state index contributed by atoms with van der Waals surface area (Å²) in [5.74, 6) is 0.849. The van der Waals surface area contributed by atoms with Gasteiger partial charge in [0.2, 0.25) is 10.0 Å². The fraction of sp³-hybridized carbons (Fsp3) is 0.556. The molecule has 0 saturated heterocycles. The van der Waals surface area contributed by atoms with Gasteiger partial charge in [-0.05, 0) is 7.05 Å². The van der Waals surface area contributed by atoms with Crippen molar-refractivity contribution in [3.8, 4) is 0 Å². The van der Waals surface area contributed by atoms with Gasteiger partial charge in [-0.25, -0.2) is 23.1 Å². The normalized spacial score (nSPS) is 11.5. The lowest BCUT2D eigenvalue weighted by molar-refractivity contribution is 0.178. The summed E-state index contributed by atoms with van der Waals surface area (Å²) in [4.78, 5) is 8.08. The van der Waals surface area contributed by atoms with E-state index in [0.717, 1.165) is 0 Å². The van der Waals surface area contributed by atoms with E-state index in [4.69, 9.17) is 16.3 Å². The van der Waals surface area contributed by atoms with Crippen LogP contribution in [0.3, 0.4) is 0 Å². The standard InChI is InChI=1S/C9H15ClN4O3S/c1-11-18(15,16)4-3-12-8-5-7(10)13-9(14-8)6-17-2/h5,11H,3-4,6H2,1-2H3,(H,12,13,14). The third kappa shape index (κ3) is 5.13. The van der Waals surface area contributed by atoms with Crippen LogP contribution >= 0.6 is 11.6 Å². The van der Waals surface area contributed by atoms with E-state index in [9.17, 15) is 8.42 Å². The first-order valence-electron chi connectivity index (χ1n) is 5.14. The molecule has 0 spiro atoms. The van der Waals surface area contributed by atoms with Crippen molar-refractivity contribution in [3.05, 3.63) is 17.0 Å². The van der Waals surface area contributed by atoms with E-state index in [1.807, 2.05) is 0 Å². The van der Waals surface area contributed by atoms with Crippen LogP contribution in [0, 0.1) is 0 Å². The molecule has 9 heteroatoms. The first-order valence-corrected chi connectivity index (χ1v) is 7.17. The van der Waals surface area contributed by atoms with Crippen LogP contribution in [0.15, 0.2) is 6.07 Å². The lowest BCUT2D eigenvalue weighted by Crippen LogP contribution is -2.26. The maximum absolute atomic E-state index is 11.2. The van der Waals surface area contributed by atoms with Gasteiger partial charge in [-0.2, -0.15) is 0 Å². The number of anilines is 1. The predicted octanol–water partition coefficient (Wildman–Crippen LogP) is 0.237. The Balaban J connectivity index is 2.62. The van der Waals surface area contributed by atoms with Crippen molar-refractivity contribution >= 4 is 27.4 Å². The molecule has 0 amide bonds. The Labute approximate surface area is 111 Å². The molecule has 1 aromatic heterocycles. The minimum Gasteiger partial charge on any atom is -0.377 e. The van der Waals surface area contributed by atoms with Crippen molar-refractivity contribution in [3.63, 3.8) is 0 Å². The number of ether oxygens (including phenoxy) is 1. The molecule has 2 N–H and O–H groups in total. The summed E-state index contributed by atoms with van der Waals surface area (Å²) < 4.78 is 29.5. The van der Waals surface area contributed by atoms with Gasteiger partial charge in [-0.1, -0.05) is 11.6 Å². The van der Waals surface area contributed by atoms with E-state index >= 15 is 0 Å². The molecule has 0 radical (unpaired) electrons. The van der Waals surface area contributed by atoms with Crippen LogP contribution in [-0.4, -0.2) is 44.8 Å². The molecule has 18 heavy (non-hydrogen) atoms. The molecule has 1 aromatic rings. The zero-order chi connectivity index (χ0) is 13.6. The number of aromatic nitrogens is 2. The van der Waals surface area contributed by atoms with Gasteiger partial charge in [0.25, 0.3) is 0 Å². The summed E-state index contributed by atoms with van der Waals surface area (Å²) in [5, 5.41) is 3.14. The SMILES string of the molecule is CNS(=O)(=O)CCNc1cc(Cl)nc(COC)n1. The van der Waals surface area contributed by atoms with Crippen molar-refractivity contribution in [1.29, 1.82) is 0 Å². The summed E-state index contributed by atoms with van der Waals surface area (Å²) >= 11 is 5.80. The number of methoxy groups -OCH3 is 1. The largest absolute Gasteiger partial charge is 0.377 e. The minimum absolute atomic E-state index is 0.0509. The molecular weight excluding hydrogens is 280 g/mol. The Morgan fingerprint density at radius 2 is 2.17 bits per heavy atom. The second-order valence-electron chi connectivity index (χ2n) is 3.37. The van der Waals surface area contributed by atoms with Gasteiger partial charge in [0.05, 0.1) is 5.75 Å². The topological polar surface area (TPSA) is 93.2 Å². The zero-order valence-corrected chi connectivity index (χ0v) is 11.7. The molecule has 0 fully saturated rings. The van der Waals surface area contributed by atoms with Crippen LogP contribution in [-0.2, 0) is 21.4 Å². The highest BCUT2D eigenvalue weighted by Crippen LogP contribution is 2.11. The molecule has 1 heterocycles. The number of hydrogen-bond donors (Lipinski definition) is 2. The van der Waals surface area contributed by atoms with Crippen molar-refractivity contribution in [1.82, 2.24) is 14.7 Å². The van der Waals surface area contributed by atoms with Crippen LogP contribution in [0.2, 0.25) is 5.15 Å². The van der Waals surface area contributed by atoms with E-state index in [0.29, 0.717) is 11.6 Å². The number of rotatable bonds is 7. The average Bonchev–Trinajstić information content (AvgIpc) is 2.28. The number of halogens is 1. The first-order chi connectivity index (χ1) is 8.46. The lowest BCUT2D eigenvalue weighted by atomic mass is 10.5. The van der Waals surface area contributed by atoms with Crippen molar-refractivity contribution < 1.29 is 13.2 Å². The molecule has 102 valence electrons. The van der Waals surface area contributed by atoms with Gasteiger partial charge in [0, 0.05) is 19.7 Å². The van der Waals surface area contributed by atoms with Crippen molar-refractivity contribution in [2.24, 2.45) is 0 Å². The van der Waals surface area contributed by atoms with Crippen LogP contribution in [0.5, 0.6) is 0 Å². The molecule has 0 bridgehead atoms. The van der Waals surface area contributed by atoms with E-state index in [1.54, 1.807) is 0 Å². The predicted molar refractivity (Wildman–Crippen MR) is 69.1 cm³/mol. The number of sulfonamides is 1. The maximum atomic E-state index is 11.2. The molecular formula is C9H15ClN4O3S. The fourth-order valence-electron chi connectivity index (χ4n) is 1.16. The van der Waals surface area contributed by atoms with Gasteiger partial charge in [-0.15, -0.1) is 0 Å². The van der Waals surface area contributed by atoms with Crippen LogP contribution in [0.25, 0.3) is 0 Å². The molecule has 0 aliphatic heterocycles. The second kappa shape index (κ2) is 6.83. The summed E-state index contributed by atoms with van der Waals surface area (Å²) in [6.45, 7) is 0.465. The average molecular weight is 295 g/mol. The molecule has 0 aliphatic carbocycles. The molecule has 1 rings (SSSR count). The zero-order valence-electron chi connectivity index (χ0n) is 10.1. The van der Waals surface area contributed by atoms with Crippen LogP contribution in [0.4, 0.5) is 5.82 Å². The van der Waals surface area contributed by atoms with Gasteiger partial charge in [0.1, 0.15) is 17.6 Å². The van der Waals surface area contributed by atoms with E-state index in [1.165, 1.54) is 20.2 Å². The molecule has 0 atom stereocenters. The highest BCUT2D eigenvalue weighted by molar-refractivity contribution is 7.89. The summed E-state index contributed by atoms with van der Waals surface area (Å²) in [6, 6.07) is 1.52. The van der Waals surface area contributed by atoms with Gasteiger partial charge in [-0.3, -0.25) is 0 Å². The summed E-state index contributed by atoms with van der Waals surface area (Å²) in [5.41, 5.74) is 0. The Morgan fingerprint density at radius 3 is 2.78 bits per heavy atom. The quantitative estimate of drug-likeness (QED) is 0.700. The van der Waals surface area contributed by atoms with Gasteiger partial charge in [0.15, 0.2) is 5.82 Å². The molecule has 0 aliphatic rings. The Bertz CT molecular complexity index is 495. The maximum Gasteiger partial charge on any atom is 0.213 e. The van der Waals surface area contributed by atoms with Crippen molar-refractivity contribution in [2.45, 2.75) is 6.61 Å². The number of nitrogens with zero attached hydrogens (tertiary/aromatic N) is 2. The highest BCUT2D eigenvalue weighted by Gasteiger charge is 2.07. The van der Waals surface area contributed by atoms with Crippen molar-refractivity contribution in [2.75, 3.05) is 31.8 Å². The Hall–Kier alpha value is -0.960. The van der Waals surface area contributed by atoms with E-state index in [-0.39, 0.29) is 24.1 Å². The Kier molecular flexibility index (Phi) is 5.73.